The third-order valence-corrected chi connectivity index (χ3v) is 6.31. The number of nitrogens with zero attached hydrogens (tertiary/aromatic N) is 2. The minimum atomic E-state index is -3.56. The minimum Gasteiger partial charge on any atom is -0.379 e. The number of ether oxygens (including phenoxy) is 1. The number of anilines is 2. The van der Waals surface area contributed by atoms with Crippen LogP contribution in [0.4, 0.5) is 15.8 Å². The molecule has 1 heterocycles. The monoisotopic (exact) mass is 407 g/mol. The van der Waals surface area contributed by atoms with E-state index >= 15 is 0 Å². The van der Waals surface area contributed by atoms with Crippen LogP contribution in [0.2, 0.25) is 0 Å². The van der Waals surface area contributed by atoms with Crippen LogP contribution >= 0.6 is 0 Å². The van der Waals surface area contributed by atoms with Gasteiger partial charge in [0.05, 0.1) is 24.7 Å². The summed E-state index contributed by atoms with van der Waals surface area (Å²) >= 11 is 0. The van der Waals surface area contributed by atoms with Crippen molar-refractivity contribution < 1.29 is 22.3 Å². The predicted octanol–water partition coefficient (Wildman–Crippen LogP) is 1.92. The molecule has 1 N–H and O–H groups in total. The maximum Gasteiger partial charge on any atom is 0.243 e. The molecule has 1 amide bonds. The fourth-order valence-corrected chi connectivity index (χ4v) is 4.26. The van der Waals surface area contributed by atoms with E-state index in [1.165, 1.54) is 28.6 Å². The summed E-state index contributed by atoms with van der Waals surface area (Å²) in [4.78, 5) is 14.1. The first-order valence-electron chi connectivity index (χ1n) is 8.81. The molecular formula is C19H22FN3O4S. The molecule has 7 nitrogen and oxygen atoms in total. The first kappa shape index (κ1) is 20.2. The van der Waals surface area contributed by atoms with Gasteiger partial charge in [-0.2, -0.15) is 4.31 Å². The molecule has 150 valence electrons. The quantitative estimate of drug-likeness (QED) is 0.792. The van der Waals surface area contributed by atoms with E-state index in [4.69, 9.17) is 4.74 Å². The number of halogens is 1. The fourth-order valence-electron chi connectivity index (χ4n) is 2.85. The van der Waals surface area contributed by atoms with Crippen molar-refractivity contribution in [2.45, 2.75) is 4.90 Å². The Morgan fingerprint density at radius 2 is 1.71 bits per heavy atom. The van der Waals surface area contributed by atoms with E-state index in [1.54, 1.807) is 36.2 Å². The lowest BCUT2D eigenvalue weighted by Crippen LogP contribution is -2.40. The number of likely N-dealkylation sites (N-methyl/N-ethyl adjacent to an activating group) is 1. The van der Waals surface area contributed by atoms with Crippen LogP contribution in [-0.2, 0) is 19.6 Å². The van der Waals surface area contributed by atoms with Crippen LogP contribution in [0.3, 0.4) is 0 Å². The molecular weight excluding hydrogens is 385 g/mol. The van der Waals surface area contributed by atoms with Crippen molar-refractivity contribution in [1.82, 2.24) is 4.31 Å². The zero-order valence-electron chi connectivity index (χ0n) is 15.5. The topological polar surface area (TPSA) is 79.0 Å². The van der Waals surface area contributed by atoms with E-state index in [0.717, 1.165) is 0 Å². The highest BCUT2D eigenvalue weighted by molar-refractivity contribution is 7.89. The molecule has 2 aromatic carbocycles. The summed E-state index contributed by atoms with van der Waals surface area (Å²) in [5, 5.41) is 2.73. The number of hydrogen-bond acceptors (Lipinski definition) is 5. The first-order valence-corrected chi connectivity index (χ1v) is 10.2. The van der Waals surface area contributed by atoms with Gasteiger partial charge in [0.1, 0.15) is 5.82 Å². The SMILES string of the molecule is CN(CC(=O)Nc1ccc(S(=O)(=O)N2CCOCC2)cc1)c1ccc(F)cc1. The number of amides is 1. The number of morpholine rings is 1. The summed E-state index contributed by atoms with van der Waals surface area (Å²) in [6.45, 7) is 1.50. The normalized spacial score (nSPS) is 15.2. The second kappa shape index (κ2) is 8.68. The van der Waals surface area contributed by atoms with Gasteiger partial charge in [0.15, 0.2) is 0 Å². The van der Waals surface area contributed by atoms with E-state index in [1.807, 2.05) is 0 Å². The molecule has 2 aromatic rings. The number of rotatable bonds is 6. The first-order chi connectivity index (χ1) is 13.4. The molecule has 0 aliphatic carbocycles. The number of carbonyl (C=O) groups excluding carboxylic acids is 1. The Balaban J connectivity index is 1.60. The lowest BCUT2D eigenvalue weighted by Gasteiger charge is -2.26. The highest BCUT2D eigenvalue weighted by Gasteiger charge is 2.26. The smallest absolute Gasteiger partial charge is 0.243 e. The van der Waals surface area contributed by atoms with E-state index < -0.39 is 10.0 Å². The molecule has 1 aliphatic heterocycles. The van der Waals surface area contributed by atoms with Crippen molar-refractivity contribution in [3.63, 3.8) is 0 Å². The van der Waals surface area contributed by atoms with Crippen LogP contribution < -0.4 is 10.2 Å². The average Bonchev–Trinajstić information content (AvgIpc) is 2.69. The van der Waals surface area contributed by atoms with Crippen molar-refractivity contribution in [2.75, 3.05) is 50.1 Å². The summed E-state index contributed by atoms with van der Waals surface area (Å²) in [7, 11) is -1.84. The third-order valence-electron chi connectivity index (χ3n) is 4.39. The molecule has 0 saturated carbocycles. The summed E-state index contributed by atoms with van der Waals surface area (Å²) in [5.41, 5.74) is 1.21. The van der Waals surface area contributed by atoms with Crippen molar-refractivity contribution in [1.29, 1.82) is 0 Å². The Morgan fingerprint density at radius 3 is 2.32 bits per heavy atom. The predicted molar refractivity (Wildman–Crippen MR) is 104 cm³/mol. The van der Waals surface area contributed by atoms with Gasteiger partial charge in [0, 0.05) is 31.5 Å². The second-order valence-corrected chi connectivity index (χ2v) is 8.36. The molecule has 28 heavy (non-hydrogen) atoms. The molecule has 0 atom stereocenters. The number of nitrogens with one attached hydrogen (secondary N) is 1. The Labute approximate surface area is 163 Å². The summed E-state index contributed by atoms with van der Waals surface area (Å²) in [6.07, 6.45) is 0. The van der Waals surface area contributed by atoms with Crippen LogP contribution in [0.5, 0.6) is 0 Å². The minimum absolute atomic E-state index is 0.0689. The zero-order valence-corrected chi connectivity index (χ0v) is 16.3. The van der Waals surface area contributed by atoms with Gasteiger partial charge in [0.2, 0.25) is 15.9 Å². The molecule has 0 unspecified atom stereocenters. The standard InChI is InChI=1S/C19H22FN3O4S/c1-22(17-6-2-15(20)3-7-17)14-19(24)21-16-4-8-18(9-5-16)28(25,26)23-10-12-27-13-11-23/h2-9H,10-14H2,1H3,(H,21,24). The van der Waals surface area contributed by atoms with Crippen molar-refractivity contribution >= 4 is 27.3 Å². The molecule has 1 fully saturated rings. The molecule has 0 aromatic heterocycles. The molecule has 9 heteroatoms. The number of benzene rings is 2. The molecule has 0 radical (unpaired) electrons. The van der Waals surface area contributed by atoms with Crippen LogP contribution in [0.1, 0.15) is 0 Å². The van der Waals surface area contributed by atoms with Gasteiger partial charge in [0.25, 0.3) is 0 Å². The maximum absolute atomic E-state index is 13.0. The molecule has 3 rings (SSSR count). The van der Waals surface area contributed by atoms with E-state index in [2.05, 4.69) is 5.32 Å². The third kappa shape index (κ3) is 4.86. The fraction of sp³-hybridized carbons (Fsp3) is 0.316. The highest BCUT2D eigenvalue weighted by atomic mass is 32.2. The lowest BCUT2D eigenvalue weighted by atomic mass is 10.3. The van der Waals surface area contributed by atoms with Crippen LogP contribution in [0.15, 0.2) is 53.4 Å². The maximum atomic E-state index is 13.0. The van der Waals surface area contributed by atoms with Crippen molar-refractivity contribution in [3.8, 4) is 0 Å². The van der Waals surface area contributed by atoms with Gasteiger partial charge in [-0.25, -0.2) is 12.8 Å². The molecule has 0 bridgehead atoms. The molecule has 0 spiro atoms. The lowest BCUT2D eigenvalue weighted by molar-refractivity contribution is -0.114. The van der Waals surface area contributed by atoms with Gasteiger partial charge in [-0.1, -0.05) is 0 Å². The summed E-state index contributed by atoms with van der Waals surface area (Å²) in [5.74, 6) is -0.607. The Hall–Kier alpha value is -2.49. The van der Waals surface area contributed by atoms with Crippen LogP contribution in [0, 0.1) is 5.82 Å². The Kier molecular flexibility index (Phi) is 6.28. The second-order valence-electron chi connectivity index (χ2n) is 6.42. The van der Waals surface area contributed by atoms with E-state index in [-0.39, 0.29) is 23.2 Å². The van der Waals surface area contributed by atoms with E-state index in [9.17, 15) is 17.6 Å². The van der Waals surface area contributed by atoms with Gasteiger partial charge < -0.3 is 15.0 Å². The number of sulfonamides is 1. The Morgan fingerprint density at radius 1 is 1.11 bits per heavy atom. The van der Waals surface area contributed by atoms with E-state index in [0.29, 0.717) is 37.7 Å². The zero-order chi connectivity index (χ0) is 20.1. The van der Waals surface area contributed by atoms with Crippen LogP contribution in [0.25, 0.3) is 0 Å². The van der Waals surface area contributed by atoms with Crippen molar-refractivity contribution in [3.05, 3.63) is 54.3 Å². The largest absolute Gasteiger partial charge is 0.379 e. The van der Waals surface area contributed by atoms with Gasteiger partial charge in [-0.15, -0.1) is 0 Å². The van der Waals surface area contributed by atoms with Crippen LogP contribution in [-0.4, -0.2) is 58.5 Å². The highest BCUT2D eigenvalue weighted by Crippen LogP contribution is 2.19. The number of carbonyl (C=O) groups is 1. The van der Waals surface area contributed by atoms with Gasteiger partial charge in [-0.05, 0) is 48.5 Å². The van der Waals surface area contributed by atoms with Gasteiger partial charge >= 0.3 is 0 Å². The molecule has 1 saturated heterocycles. The summed E-state index contributed by atoms with van der Waals surface area (Å²) in [6, 6.07) is 11.9. The van der Waals surface area contributed by atoms with Crippen molar-refractivity contribution in [2.24, 2.45) is 0 Å². The average molecular weight is 407 g/mol. The van der Waals surface area contributed by atoms with Gasteiger partial charge in [-0.3, -0.25) is 4.79 Å². The number of hydrogen-bond donors (Lipinski definition) is 1. The molecule has 1 aliphatic rings. The summed E-state index contributed by atoms with van der Waals surface area (Å²) < 4.78 is 44.8. The Bertz CT molecular complexity index is 911.